The van der Waals surface area contributed by atoms with Crippen LogP contribution in [0.5, 0.6) is 0 Å². The van der Waals surface area contributed by atoms with Crippen LogP contribution in [-0.2, 0) is 4.74 Å². The Morgan fingerprint density at radius 3 is 2.73 bits per heavy atom. The minimum atomic E-state index is -0.242. The van der Waals surface area contributed by atoms with E-state index in [1.54, 1.807) is 13.0 Å². The lowest BCUT2D eigenvalue weighted by molar-refractivity contribution is 0.0209. The molecule has 1 saturated carbocycles. The number of carbonyl (C=O) groups is 1. The van der Waals surface area contributed by atoms with Crippen LogP contribution in [0.25, 0.3) is 0 Å². The average Bonchev–Trinajstić information content (AvgIpc) is 2.66. The van der Waals surface area contributed by atoms with Crippen LogP contribution in [0.3, 0.4) is 0 Å². The highest BCUT2D eigenvalue weighted by Gasteiger charge is 2.20. The second kappa shape index (κ2) is 4.51. The van der Waals surface area contributed by atoms with Crippen LogP contribution in [0, 0.1) is 6.92 Å². The van der Waals surface area contributed by atoms with E-state index < -0.39 is 0 Å². The molecule has 0 unspecified atom stereocenters. The molecule has 3 heteroatoms. The van der Waals surface area contributed by atoms with Crippen LogP contribution >= 0.6 is 0 Å². The largest absolute Gasteiger partial charge is 0.469 e. The van der Waals surface area contributed by atoms with E-state index in [4.69, 9.17) is 9.15 Å². The molecule has 0 bridgehead atoms. The van der Waals surface area contributed by atoms with Gasteiger partial charge in [-0.25, -0.2) is 4.79 Å². The number of rotatable bonds is 2. The molecule has 0 spiro atoms. The lowest BCUT2D eigenvalue weighted by atomic mass is 9.98. The number of ether oxygens (including phenoxy) is 1. The van der Waals surface area contributed by atoms with E-state index in [2.05, 4.69) is 0 Å². The zero-order valence-electron chi connectivity index (χ0n) is 8.99. The highest BCUT2D eigenvalue weighted by molar-refractivity contribution is 5.90. The molecular weight excluding hydrogens is 192 g/mol. The van der Waals surface area contributed by atoms with Crippen LogP contribution in [0.15, 0.2) is 16.7 Å². The summed E-state index contributed by atoms with van der Waals surface area (Å²) >= 11 is 0. The summed E-state index contributed by atoms with van der Waals surface area (Å²) in [7, 11) is 0. The van der Waals surface area contributed by atoms with Crippen molar-refractivity contribution in [1.82, 2.24) is 0 Å². The molecule has 0 amide bonds. The maximum absolute atomic E-state index is 11.7. The summed E-state index contributed by atoms with van der Waals surface area (Å²) in [6.45, 7) is 1.78. The molecule has 0 atom stereocenters. The summed E-state index contributed by atoms with van der Waals surface area (Å²) in [4.78, 5) is 11.7. The van der Waals surface area contributed by atoms with Crippen molar-refractivity contribution in [3.63, 3.8) is 0 Å². The third-order valence-corrected chi connectivity index (χ3v) is 2.90. The van der Waals surface area contributed by atoms with E-state index in [9.17, 15) is 4.79 Å². The minimum absolute atomic E-state index is 0.112. The predicted octanol–water partition coefficient (Wildman–Crippen LogP) is 3.08. The monoisotopic (exact) mass is 208 g/mol. The number of furan rings is 1. The SMILES string of the molecule is Cc1occc1C(=O)OC1CCCCC1. The van der Waals surface area contributed by atoms with Gasteiger partial charge in [0.25, 0.3) is 0 Å². The Labute approximate surface area is 89.4 Å². The van der Waals surface area contributed by atoms with Gasteiger partial charge in [0.2, 0.25) is 0 Å². The molecule has 0 saturated heterocycles. The first-order chi connectivity index (χ1) is 7.27. The average molecular weight is 208 g/mol. The summed E-state index contributed by atoms with van der Waals surface area (Å²) in [5.74, 6) is 0.393. The van der Waals surface area contributed by atoms with Gasteiger partial charge < -0.3 is 9.15 Å². The molecule has 1 aliphatic rings. The molecule has 1 fully saturated rings. The van der Waals surface area contributed by atoms with Crippen LogP contribution < -0.4 is 0 Å². The minimum Gasteiger partial charge on any atom is -0.469 e. The second-order valence-corrected chi connectivity index (χ2v) is 4.06. The summed E-state index contributed by atoms with van der Waals surface area (Å²) in [5, 5.41) is 0. The summed E-state index contributed by atoms with van der Waals surface area (Å²) < 4.78 is 10.5. The fourth-order valence-electron chi connectivity index (χ4n) is 1.99. The van der Waals surface area contributed by atoms with E-state index in [0.29, 0.717) is 11.3 Å². The lowest BCUT2D eigenvalue weighted by Crippen LogP contribution is -2.20. The number of aryl methyl sites for hydroxylation is 1. The van der Waals surface area contributed by atoms with E-state index in [1.807, 2.05) is 0 Å². The molecular formula is C12H16O3. The molecule has 2 rings (SSSR count). The van der Waals surface area contributed by atoms with Gasteiger partial charge in [0.05, 0.1) is 6.26 Å². The van der Waals surface area contributed by atoms with Gasteiger partial charge in [-0.2, -0.15) is 0 Å². The van der Waals surface area contributed by atoms with Gasteiger partial charge in [-0.15, -0.1) is 0 Å². The normalized spacial score (nSPS) is 17.7. The Morgan fingerprint density at radius 2 is 2.13 bits per heavy atom. The zero-order valence-corrected chi connectivity index (χ0v) is 8.99. The lowest BCUT2D eigenvalue weighted by Gasteiger charge is -2.21. The first-order valence-electron chi connectivity index (χ1n) is 5.52. The molecule has 0 aliphatic heterocycles. The van der Waals surface area contributed by atoms with Gasteiger partial charge in [0.15, 0.2) is 0 Å². The third-order valence-electron chi connectivity index (χ3n) is 2.90. The van der Waals surface area contributed by atoms with Gasteiger partial charge in [0, 0.05) is 0 Å². The molecule has 0 radical (unpaired) electrons. The van der Waals surface area contributed by atoms with Crippen LogP contribution in [0.2, 0.25) is 0 Å². The molecule has 0 N–H and O–H groups in total. The first-order valence-corrected chi connectivity index (χ1v) is 5.52. The number of hydrogen-bond donors (Lipinski definition) is 0. The standard InChI is InChI=1S/C12H16O3/c1-9-11(7-8-14-9)12(13)15-10-5-3-2-4-6-10/h7-8,10H,2-6H2,1H3. The Bertz CT molecular complexity index is 334. The highest BCUT2D eigenvalue weighted by atomic mass is 16.5. The van der Waals surface area contributed by atoms with Crippen molar-refractivity contribution in [1.29, 1.82) is 0 Å². The molecule has 15 heavy (non-hydrogen) atoms. The van der Waals surface area contributed by atoms with Gasteiger partial charge in [-0.1, -0.05) is 6.42 Å². The fraction of sp³-hybridized carbons (Fsp3) is 0.583. The highest BCUT2D eigenvalue weighted by Crippen LogP contribution is 2.22. The Hall–Kier alpha value is -1.25. The number of carbonyl (C=O) groups excluding carboxylic acids is 1. The van der Waals surface area contributed by atoms with Gasteiger partial charge in [-0.05, 0) is 38.7 Å². The molecule has 0 aromatic carbocycles. The summed E-state index contributed by atoms with van der Waals surface area (Å²) in [6.07, 6.45) is 7.24. The summed E-state index contributed by atoms with van der Waals surface area (Å²) in [6, 6.07) is 1.67. The predicted molar refractivity (Wildman–Crippen MR) is 55.7 cm³/mol. The molecule has 3 nitrogen and oxygen atoms in total. The molecule has 1 heterocycles. The Morgan fingerprint density at radius 1 is 1.40 bits per heavy atom. The van der Waals surface area contributed by atoms with Crippen molar-refractivity contribution in [3.05, 3.63) is 23.7 Å². The van der Waals surface area contributed by atoms with Crippen molar-refractivity contribution in [3.8, 4) is 0 Å². The zero-order chi connectivity index (χ0) is 10.7. The van der Waals surface area contributed by atoms with Crippen molar-refractivity contribution < 1.29 is 13.9 Å². The maximum atomic E-state index is 11.7. The smallest absolute Gasteiger partial charge is 0.341 e. The maximum Gasteiger partial charge on any atom is 0.341 e. The van der Waals surface area contributed by atoms with Crippen molar-refractivity contribution in [2.75, 3.05) is 0 Å². The first kappa shape index (κ1) is 10.3. The van der Waals surface area contributed by atoms with Crippen LogP contribution in [0.4, 0.5) is 0 Å². The second-order valence-electron chi connectivity index (χ2n) is 4.06. The molecule has 1 aromatic heterocycles. The van der Waals surface area contributed by atoms with Crippen molar-refractivity contribution in [2.24, 2.45) is 0 Å². The van der Waals surface area contributed by atoms with Gasteiger partial charge in [-0.3, -0.25) is 0 Å². The van der Waals surface area contributed by atoms with E-state index in [1.165, 1.54) is 25.5 Å². The third kappa shape index (κ3) is 2.41. The Kier molecular flexibility index (Phi) is 3.09. The molecule has 1 aliphatic carbocycles. The van der Waals surface area contributed by atoms with E-state index >= 15 is 0 Å². The van der Waals surface area contributed by atoms with Crippen LogP contribution in [0.1, 0.15) is 48.2 Å². The summed E-state index contributed by atoms with van der Waals surface area (Å²) in [5.41, 5.74) is 0.556. The molecule has 1 aromatic rings. The van der Waals surface area contributed by atoms with Crippen LogP contribution in [-0.4, -0.2) is 12.1 Å². The van der Waals surface area contributed by atoms with Crippen molar-refractivity contribution in [2.45, 2.75) is 45.1 Å². The van der Waals surface area contributed by atoms with Gasteiger partial charge >= 0.3 is 5.97 Å². The molecule has 82 valence electrons. The fourth-order valence-corrected chi connectivity index (χ4v) is 1.99. The van der Waals surface area contributed by atoms with E-state index in [0.717, 1.165) is 12.8 Å². The van der Waals surface area contributed by atoms with Crippen molar-refractivity contribution >= 4 is 5.97 Å². The number of hydrogen-bond acceptors (Lipinski definition) is 3. The quantitative estimate of drug-likeness (QED) is 0.701. The topological polar surface area (TPSA) is 39.4 Å². The van der Waals surface area contributed by atoms with Gasteiger partial charge in [0.1, 0.15) is 17.4 Å². The Balaban J connectivity index is 1.94. The van der Waals surface area contributed by atoms with E-state index in [-0.39, 0.29) is 12.1 Å². The number of esters is 1.